The Morgan fingerprint density at radius 1 is 0.362 bits per heavy atom. The molecule has 1 aromatic heterocycles. The monoisotopic (exact) mass is 1220 g/mol. The number of para-hydroxylation sites is 8. The zero-order chi connectivity index (χ0) is 62.2. The van der Waals surface area contributed by atoms with Crippen molar-refractivity contribution in [3.8, 4) is 0 Å². The Balaban J connectivity index is 0.968. The van der Waals surface area contributed by atoms with Gasteiger partial charge in [0.1, 0.15) is 0 Å². The Bertz CT molecular complexity index is 5240. The minimum absolute atomic E-state index is 0.178. The van der Waals surface area contributed by atoms with Gasteiger partial charge in [0.2, 0.25) is 6.71 Å². The van der Waals surface area contributed by atoms with E-state index in [0.29, 0.717) is 0 Å². The second kappa shape index (κ2) is 21.3. The highest BCUT2D eigenvalue weighted by Gasteiger charge is 2.54. The molecule has 1 unspecified atom stereocenters. The lowest BCUT2D eigenvalue weighted by Gasteiger charge is -2.48. The van der Waals surface area contributed by atoms with Gasteiger partial charge in [-0.2, -0.15) is 0 Å². The number of nitrogens with zero attached hydrogens (tertiary/aromatic N) is 6. The molecule has 0 radical (unpaired) electrons. The van der Waals surface area contributed by atoms with Crippen LogP contribution >= 0.6 is 11.3 Å². The van der Waals surface area contributed by atoms with E-state index in [4.69, 9.17) is 0 Å². The number of anilines is 17. The van der Waals surface area contributed by atoms with Crippen LogP contribution in [0.4, 0.5) is 96.7 Å². The Morgan fingerprint density at radius 2 is 0.766 bits per heavy atom. The summed E-state index contributed by atoms with van der Waals surface area (Å²) in [7, 11) is 0. The Kier molecular flexibility index (Phi) is 12.3. The molecular formula is C86H61BN6S. The lowest BCUT2D eigenvalue weighted by Crippen LogP contribution is -2.58. The van der Waals surface area contributed by atoms with Crippen LogP contribution in [-0.2, 0) is 5.41 Å². The highest BCUT2D eigenvalue weighted by Crippen LogP contribution is 2.66. The van der Waals surface area contributed by atoms with Crippen LogP contribution in [0.1, 0.15) is 46.9 Å². The molecule has 8 heteroatoms. The van der Waals surface area contributed by atoms with Crippen molar-refractivity contribution in [2.75, 3.05) is 29.4 Å². The summed E-state index contributed by atoms with van der Waals surface area (Å²) in [6, 6.07) is 122. The molecule has 0 N–H and O–H groups in total. The Labute approximate surface area is 552 Å². The summed E-state index contributed by atoms with van der Waals surface area (Å²) >= 11 is 1.94. The molecule has 1 aliphatic carbocycles. The third-order valence-electron chi connectivity index (χ3n) is 20.1. The van der Waals surface area contributed by atoms with Crippen LogP contribution in [0.2, 0.25) is 0 Å². The third-order valence-corrected chi connectivity index (χ3v) is 21.3. The van der Waals surface area contributed by atoms with Crippen molar-refractivity contribution in [1.82, 2.24) is 0 Å². The molecule has 5 aliphatic rings. The number of hydrogen-bond acceptors (Lipinski definition) is 7. The molecule has 0 amide bonds. The van der Waals surface area contributed by atoms with Gasteiger partial charge in [-0.15, -0.1) is 11.3 Å². The average Bonchev–Trinajstić information content (AvgIpc) is 1.28. The van der Waals surface area contributed by atoms with Gasteiger partial charge in [0.25, 0.3) is 0 Å². The molecule has 0 bridgehead atoms. The second-order valence-corrected chi connectivity index (χ2v) is 26.7. The zero-order valence-corrected chi connectivity index (χ0v) is 52.7. The summed E-state index contributed by atoms with van der Waals surface area (Å²) in [6.45, 7) is 4.77. The van der Waals surface area contributed by atoms with Crippen LogP contribution < -0.4 is 40.3 Å². The number of hydrogen-bond donors (Lipinski definition) is 0. The lowest BCUT2D eigenvalue weighted by molar-refractivity contribution is 0.666. The Morgan fingerprint density at radius 3 is 1.29 bits per heavy atom. The molecule has 13 aromatic carbocycles. The van der Waals surface area contributed by atoms with Crippen molar-refractivity contribution < 1.29 is 0 Å². The zero-order valence-electron chi connectivity index (χ0n) is 51.9. The molecule has 0 saturated heterocycles. The van der Waals surface area contributed by atoms with Gasteiger partial charge in [0, 0.05) is 105 Å². The quantitative estimate of drug-likeness (QED) is 0.126. The molecule has 4 aliphatic heterocycles. The van der Waals surface area contributed by atoms with Crippen LogP contribution in [0.3, 0.4) is 0 Å². The van der Waals surface area contributed by atoms with Crippen molar-refractivity contribution >= 4 is 141 Å². The number of rotatable bonds is 10. The first-order chi connectivity index (χ1) is 46.5. The summed E-state index contributed by atoms with van der Waals surface area (Å²) in [5, 5.41) is 1.24. The first kappa shape index (κ1) is 54.2. The van der Waals surface area contributed by atoms with Crippen molar-refractivity contribution in [3.05, 3.63) is 360 Å². The summed E-state index contributed by atoms with van der Waals surface area (Å²) in [5.41, 5.74) is 29.0. The second-order valence-electron chi connectivity index (χ2n) is 25.6. The molecule has 0 fully saturated rings. The summed E-state index contributed by atoms with van der Waals surface area (Å²) in [4.78, 5) is 16.7. The predicted octanol–water partition coefficient (Wildman–Crippen LogP) is 22.4. The molecule has 5 heterocycles. The lowest BCUT2D eigenvalue weighted by atomic mass is 9.30. The van der Waals surface area contributed by atoms with E-state index < -0.39 is 5.41 Å². The standard InChI is InChI=1S/C86H61BN6S/c1-86(2)70-49-29-27-47-67(70)83-85(86)87-71-56-72-69(55-73(71)91(62-41-21-8-22-42-62)76-53-66(54-77(81(76)87)93(83)64-45-25-10-26-46-64)89(59-35-15-5-16-36-59)60-37-17-6-18-38-60)79-80-74(90(72)61-39-19-7-20-40-61)51-65(88(57-31-11-3-12-32-57)58-33-13-4-14-34-58)52-75(80)92(63-43-23-9-24-44-63)82-68-48-28-30-50-78(68)94-84(79)82/h3-56,79H,1-2H3. The summed E-state index contributed by atoms with van der Waals surface area (Å²) < 4.78 is 1.26. The van der Waals surface area contributed by atoms with E-state index >= 15 is 0 Å². The van der Waals surface area contributed by atoms with E-state index in [0.717, 1.165) is 79.6 Å². The number of benzene rings is 13. The van der Waals surface area contributed by atoms with Gasteiger partial charge in [0.05, 0.1) is 34.4 Å². The highest BCUT2D eigenvalue weighted by molar-refractivity contribution is 7.20. The van der Waals surface area contributed by atoms with Gasteiger partial charge in [-0.3, -0.25) is 0 Å². The molecule has 444 valence electrons. The fourth-order valence-electron chi connectivity index (χ4n) is 16.3. The first-order valence-electron chi connectivity index (χ1n) is 32.6. The highest BCUT2D eigenvalue weighted by atomic mass is 32.1. The predicted molar refractivity (Wildman–Crippen MR) is 396 cm³/mol. The molecule has 6 nitrogen and oxygen atoms in total. The maximum Gasteiger partial charge on any atom is 0.248 e. The van der Waals surface area contributed by atoms with E-state index in [-0.39, 0.29) is 12.6 Å². The van der Waals surface area contributed by atoms with Gasteiger partial charge in [-0.05, 0) is 162 Å². The first-order valence-corrected chi connectivity index (χ1v) is 33.4. The number of fused-ring (bicyclic) bond motifs is 11. The summed E-state index contributed by atoms with van der Waals surface area (Å²) in [5.74, 6) is -0.178. The van der Waals surface area contributed by atoms with Gasteiger partial charge in [0.15, 0.2) is 0 Å². The van der Waals surface area contributed by atoms with E-state index in [2.05, 4.69) is 371 Å². The van der Waals surface area contributed by atoms with Crippen LogP contribution in [-0.4, -0.2) is 6.71 Å². The third kappa shape index (κ3) is 8.09. The maximum atomic E-state index is 2.65. The van der Waals surface area contributed by atoms with Gasteiger partial charge >= 0.3 is 0 Å². The minimum Gasteiger partial charge on any atom is -0.311 e. The number of thiophene rings is 1. The minimum atomic E-state index is -0.399. The largest absolute Gasteiger partial charge is 0.311 e. The number of allylic oxidation sites excluding steroid dienone is 1. The fraction of sp³-hybridized carbons (Fsp3) is 0.0465. The Hall–Kier alpha value is -11.6. The van der Waals surface area contributed by atoms with E-state index in [1.165, 1.54) is 76.4 Å². The van der Waals surface area contributed by atoms with Crippen LogP contribution in [0.15, 0.2) is 333 Å². The van der Waals surface area contributed by atoms with Crippen molar-refractivity contribution in [1.29, 1.82) is 0 Å². The van der Waals surface area contributed by atoms with Crippen LogP contribution in [0, 0.1) is 0 Å². The topological polar surface area (TPSA) is 19.4 Å². The molecule has 94 heavy (non-hydrogen) atoms. The van der Waals surface area contributed by atoms with E-state index in [9.17, 15) is 0 Å². The van der Waals surface area contributed by atoms with Gasteiger partial charge in [-0.25, -0.2) is 0 Å². The molecule has 19 rings (SSSR count). The SMILES string of the molecule is CC1(C)C2=C(c3ccccc31)N(c1ccccc1)c1cc(N(c3ccccc3)c3ccccc3)cc3c1B2c1cc2c(cc1N3c1ccccc1)C1c3sc4ccccc4c3N(c3ccccc3)c3cc(N(c4ccccc4)c4ccccc4)cc(c31)N2c1ccccc1. The molecule has 0 spiro atoms. The molecule has 1 atom stereocenters. The summed E-state index contributed by atoms with van der Waals surface area (Å²) in [6.07, 6.45) is 0. The molecule has 0 saturated carbocycles. The van der Waals surface area contributed by atoms with Crippen LogP contribution in [0.5, 0.6) is 0 Å². The van der Waals surface area contributed by atoms with Crippen LogP contribution in [0.25, 0.3) is 15.8 Å². The van der Waals surface area contributed by atoms with Crippen molar-refractivity contribution in [3.63, 3.8) is 0 Å². The maximum absolute atomic E-state index is 2.65. The van der Waals surface area contributed by atoms with E-state index in [1.54, 1.807) is 0 Å². The fourth-order valence-corrected chi connectivity index (χ4v) is 17.6. The van der Waals surface area contributed by atoms with E-state index in [1.807, 2.05) is 11.3 Å². The smallest absolute Gasteiger partial charge is 0.248 e. The average molecular weight is 1220 g/mol. The van der Waals surface area contributed by atoms with Gasteiger partial charge in [-0.1, -0.05) is 207 Å². The molecular weight excluding hydrogens is 1160 g/mol. The molecule has 14 aromatic rings. The van der Waals surface area contributed by atoms with Crippen molar-refractivity contribution in [2.24, 2.45) is 0 Å². The van der Waals surface area contributed by atoms with Gasteiger partial charge < -0.3 is 29.4 Å². The normalized spacial score (nSPS) is 15.0. The van der Waals surface area contributed by atoms with Crippen molar-refractivity contribution in [2.45, 2.75) is 25.2 Å².